The van der Waals surface area contributed by atoms with Crippen LogP contribution in [0.1, 0.15) is 38.3 Å². The van der Waals surface area contributed by atoms with Crippen molar-refractivity contribution in [1.82, 2.24) is 0 Å². The minimum atomic E-state index is -0.205. The van der Waals surface area contributed by atoms with Gasteiger partial charge in [-0.2, -0.15) is 0 Å². The van der Waals surface area contributed by atoms with Crippen LogP contribution in [0.3, 0.4) is 0 Å². The van der Waals surface area contributed by atoms with E-state index in [2.05, 4.69) is 11.8 Å². The highest BCUT2D eigenvalue weighted by molar-refractivity contribution is 5.55. The summed E-state index contributed by atoms with van der Waals surface area (Å²) < 4.78 is 13.3. The van der Waals surface area contributed by atoms with Gasteiger partial charge in [-0.1, -0.05) is 0 Å². The van der Waals surface area contributed by atoms with Gasteiger partial charge >= 0.3 is 0 Å². The molecule has 0 heterocycles. The predicted octanol–water partition coefficient (Wildman–Crippen LogP) is 3.08. The lowest BCUT2D eigenvalue weighted by molar-refractivity contribution is 0.620. The number of benzene rings is 1. The molecule has 17 heavy (non-hydrogen) atoms. The van der Waals surface area contributed by atoms with Crippen LogP contribution in [0.5, 0.6) is 0 Å². The van der Waals surface area contributed by atoms with E-state index < -0.39 is 0 Å². The van der Waals surface area contributed by atoms with Crippen molar-refractivity contribution in [2.24, 2.45) is 11.7 Å². The second kappa shape index (κ2) is 5.05. The third-order valence-electron chi connectivity index (χ3n) is 3.38. The molecule has 3 heteroatoms. The van der Waals surface area contributed by atoms with Gasteiger partial charge < -0.3 is 10.6 Å². The van der Waals surface area contributed by atoms with Gasteiger partial charge in [-0.25, -0.2) is 4.39 Å². The fraction of sp³-hybridized carbons (Fsp3) is 0.571. The molecule has 0 radical (unpaired) electrons. The Morgan fingerprint density at radius 1 is 1.47 bits per heavy atom. The van der Waals surface area contributed by atoms with E-state index in [-0.39, 0.29) is 11.9 Å². The SMILES string of the molecule is CCN(CC1CC1)c1ccc(F)cc1C(C)N. The highest BCUT2D eigenvalue weighted by Crippen LogP contribution is 2.33. The molecule has 1 saturated carbocycles. The van der Waals surface area contributed by atoms with Crippen LogP contribution in [0, 0.1) is 11.7 Å². The molecule has 1 unspecified atom stereocenters. The molecule has 94 valence electrons. The Morgan fingerprint density at radius 2 is 2.18 bits per heavy atom. The Balaban J connectivity index is 2.27. The summed E-state index contributed by atoms with van der Waals surface area (Å²) in [6, 6.07) is 4.82. The summed E-state index contributed by atoms with van der Waals surface area (Å²) in [7, 11) is 0. The Hall–Kier alpha value is -1.09. The molecule has 2 N–H and O–H groups in total. The topological polar surface area (TPSA) is 29.3 Å². The van der Waals surface area contributed by atoms with Crippen LogP contribution < -0.4 is 10.6 Å². The van der Waals surface area contributed by atoms with Crippen molar-refractivity contribution in [3.8, 4) is 0 Å². The summed E-state index contributed by atoms with van der Waals surface area (Å²) in [6.45, 7) is 6.06. The van der Waals surface area contributed by atoms with Crippen molar-refractivity contribution in [2.45, 2.75) is 32.7 Å². The summed E-state index contributed by atoms with van der Waals surface area (Å²) in [5.74, 6) is 0.615. The predicted molar refractivity (Wildman–Crippen MR) is 69.6 cm³/mol. The second-order valence-corrected chi connectivity index (χ2v) is 4.97. The Labute approximate surface area is 103 Å². The minimum Gasteiger partial charge on any atom is -0.371 e. The molecule has 1 aromatic rings. The lowest BCUT2D eigenvalue weighted by Gasteiger charge is -2.27. The summed E-state index contributed by atoms with van der Waals surface area (Å²) in [5, 5.41) is 0. The number of nitrogens with two attached hydrogens (primary N) is 1. The zero-order chi connectivity index (χ0) is 12.4. The first-order valence-corrected chi connectivity index (χ1v) is 6.41. The summed E-state index contributed by atoms with van der Waals surface area (Å²) in [5.41, 5.74) is 7.93. The number of anilines is 1. The molecule has 0 saturated heterocycles. The maximum atomic E-state index is 13.3. The molecular formula is C14H21FN2. The zero-order valence-corrected chi connectivity index (χ0v) is 10.6. The standard InChI is InChI=1S/C14H21FN2/c1-3-17(9-11-4-5-11)14-7-6-12(15)8-13(14)10(2)16/h6-8,10-11H,3-5,9,16H2,1-2H3. The Bertz CT molecular complexity index is 386. The van der Waals surface area contributed by atoms with Gasteiger partial charge in [0.1, 0.15) is 5.82 Å². The van der Waals surface area contributed by atoms with E-state index in [9.17, 15) is 4.39 Å². The van der Waals surface area contributed by atoms with Crippen LogP contribution in [0.25, 0.3) is 0 Å². The van der Waals surface area contributed by atoms with Gasteiger partial charge in [0.2, 0.25) is 0 Å². The van der Waals surface area contributed by atoms with E-state index in [1.165, 1.54) is 18.9 Å². The molecule has 0 bridgehead atoms. The largest absolute Gasteiger partial charge is 0.371 e. The molecule has 0 aromatic heterocycles. The van der Waals surface area contributed by atoms with E-state index in [4.69, 9.17) is 5.73 Å². The number of nitrogens with zero attached hydrogens (tertiary/aromatic N) is 1. The summed E-state index contributed by atoms with van der Waals surface area (Å²) >= 11 is 0. The van der Waals surface area contributed by atoms with Crippen molar-refractivity contribution in [2.75, 3.05) is 18.0 Å². The molecule has 0 aliphatic heterocycles. The molecule has 1 atom stereocenters. The maximum Gasteiger partial charge on any atom is 0.123 e. The quantitative estimate of drug-likeness (QED) is 0.851. The van der Waals surface area contributed by atoms with Crippen LogP contribution in [0.2, 0.25) is 0 Å². The van der Waals surface area contributed by atoms with Gasteiger partial charge in [-0.15, -0.1) is 0 Å². The Kier molecular flexibility index (Phi) is 3.67. The fourth-order valence-electron chi connectivity index (χ4n) is 2.19. The van der Waals surface area contributed by atoms with Gasteiger partial charge in [0.25, 0.3) is 0 Å². The molecular weight excluding hydrogens is 215 g/mol. The van der Waals surface area contributed by atoms with Gasteiger partial charge in [0.05, 0.1) is 0 Å². The van der Waals surface area contributed by atoms with Crippen LogP contribution in [0.15, 0.2) is 18.2 Å². The maximum absolute atomic E-state index is 13.3. The normalized spacial score (nSPS) is 16.9. The molecule has 0 spiro atoms. The van der Waals surface area contributed by atoms with Crippen molar-refractivity contribution < 1.29 is 4.39 Å². The second-order valence-electron chi connectivity index (χ2n) is 4.97. The van der Waals surface area contributed by atoms with Crippen LogP contribution in [-0.2, 0) is 0 Å². The summed E-state index contributed by atoms with van der Waals surface area (Å²) in [6.07, 6.45) is 2.65. The molecule has 1 aliphatic carbocycles. The molecule has 0 amide bonds. The number of rotatable bonds is 5. The molecule has 1 fully saturated rings. The van der Waals surface area contributed by atoms with Crippen molar-refractivity contribution >= 4 is 5.69 Å². The van der Waals surface area contributed by atoms with E-state index in [0.717, 1.165) is 30.3 Å². The first kappa shape index (κ1) is 12.4. The van der Waals surface area contributed by atoms with Gasteiger partial charge in [0.15, 0.2) is 0 Å². The fourth-order valence-corrected chi connectivity index (χ4v) is 2.19. The van der Waals surface area contributed by atoms with Crippen molar-refractivity contribution in [3.05, 3.63) is 29.6 Å². The van der Waals surface area contributed by atoms with Crippen molar-refractivity contribution in [1.29, 1.82) is 0 Å². The monoisotopic (exact) mass is 236 g/mol. The van der Waals surface area contributed by atoms with Gasteiger partial charge in [-0.05, 0) is 56.4 Å². The van der Waals surface area contributed by atoms with E-state index in [0.29, 0.717) is 0 Å². The summed E-state index contributed by atoms with van der Waals surface area (Å²) in [4.78, 5) is 2.32. The number of halogens is 1. The van der Waals surface area contributed by atoms with E-state index in [1.54, 1.807) is 6.07 Å². The number of hydrogen-bond acceptors (Lipinski definition) is 2. The van der Waals surface area contributed by atoms with Gasteiger partial charge in [-0.3, -0.25) is 0 Å². The first-order valence-electron chi connectivity index (χ1n) is 6.41. The van der Waals surface area contributed by atoms with E-state index in [1.807, 2.05) is 13.0 Å². The van der Waals surface area contributed by atoms with Crippen LogP contribution in [0.4, 0.5) is 10.1 Å². The first-order chi connectivity index (χ1) is 8.11. The highest BCUT2D eigenvalue weighted by Gasteiger charge is 2.25. The average Bonchev–Trinajstić information content (AvgIpc) is 3.10. The average molecular weight is 236 g/mol. The number of hydrogen-bond donors (Lipinski definition) is 1. The molecule has 2 rings (SSSR count). The lowest BCUT2D eigenvalue weighted by atomic mass is 10.1. The van der Waals surface area contributed by atoms with Crippen molar-refractivity contribution in [3.63, 3.8) is 0 Å². The molecule has 1 aromatic carbocycles. The third-order valence-corrected chi connectivity index (χ3v) is 3.38. The highest BCUT2D eigenvalue weighted by atomic mass is 19.1. The lowest BCUT2D eigenvalue weighted by Crippen LogP contribution is -2.27. The van der Waals surface area contributed by atoms with Gasteiger partial charge in [0, 0.05) is 24.8 Å². The minimum absolute atomic E-state index is 0.131. The molecule has 1 aliphatic rings. The van der Waals surface area contributed by atoms with E-state index >= 15 is 0 Å². The molecule has 2 nitrogen and oxygen atoms in total. The third kappa shape index (κ3) is 2.97. The Morgan fingerprint density at radius 3 is 2.71 bits per heavy atom. The zero-order valence-electron chi connectivity index (χ0n) is 10.6. The van der Waals surface area contributed by atoms with Crippen LogP contribution >= 0.6 is 0 Å². The smallest absolute Gasteiger partial charge is 0.123 e. The van der Waals surface area contributed by atoms with Crippen LogP contribution in [-0.4, -0.2) is 13.1 Å².